The minimum atomic E-state index is 0.0494. The van der Waals surface area contributed by atoms with Gasteiger partial charge in [0.25, 0.3) is 5.91 Å². The van der Waals surface area contributed by atoms with Gasteiger partial charge in [0.1, 0.15) is 0 Å². The second kappa shape index (κ2) is 5.40. The van der Waals surface area contributed by atoms with E-state index in [1.165, 1.54) is 5.56 Å². The molecule has 76 valence electrons. The van der Waals surface area contributed by atoms with Gasteiger partial charge in [-0.15, -0.1) is 0 Å². The van der Waals surface area contributed by atoms with E-state index >= 15 is 0 Å². The van der Waals surface area contributed by atoms with Gasteiger partial charge in [0.05, 0.1) is 7.05 Å². The molecule has 0 saturated heterocycles. The van der Waals surface area contributed by atoms with Gasteiger partial charge < -0.3 is 10.6 Å². The van der Waals surface area contributed by atoms with Crippen molar-refractivity contribution in [1.29, 1.82) is 0 Å². The predicted molar refractivity (Wildman–Crippen MR) is 57.2 cm³/mol. The molecule has 1 aromatic rings. The molecule has 1 aromatic carbocycles. The molecule has 0 radical (unpaired) electrons. The van der Waals surface area contributed by atoms with Crippen molar-refractivity contribution in [3.05, 3.63) is 29.8 Å². The Hall–Kier alpha value is -1.35. The lowest BCUT2D eigenvalue weighted by Crippen LogP contribution is -2.82. The molecule has 0 spiro atoms. The molecule has 0 heterocycles. The average Bonchev–Trinajstić information content (AvgIpc) is 2.19. The van der Waals surface area contributed by atoms with E-state index in [0.717, 1.165) is 12.1 Å². The van der Waals surface area contributed by atoms with Gasteiger partial charge in [-0.25, -0.2) is 0 Å². The smallest absolute Gasteiger partial charge is 0.279 e. The summed E-state index contributed by atoms with van der Waals surface area (Å²) in [5.41, 5.74) is 2.11. The molecule has 1 rings (SSSR count). The number of para-hydroxylation sites is 1. The summed E-state index contributed by atoms with van der Waals surface area (Å²) in [6, 6.07) is 7.89. The zero-order valence-corrected chi connectivity index (χ0v) is 8.71. The average molecular weight is 193 g/mol. The third-order valence-electron chi connectivity index (χ3n) is 2.06. The second-order valence-electron chi connectivity index (χ2n) is 3.17. The summed E-state index contributed by atoms with van der Waals surface area (Å²) in [6.07, 6.45) is 0.937. The molecule has 0 aliphatic rings. The zero-order chi connectivity index (χ0) is 10.4. The van der Waals surface area contributed by atoms with Gasteiger partial charge in [-0.2, -0.15) is 0 Å². The summed E-state index contributed by atoms with van der Waals surface area (Å²) in [5, 5.41) is 4.74. The quantitative estimate of drug-likeness (QED) is 0.713. The first kappa shape index (κ1) is 10.7. The van der Waals surface area contributed by atoms with Gasteiger partial charge >= 0.3 is 0 Å². The minimum Gasteiger partial charge on any atom is -0.341 e. The monoisotopic (exact) mass is 193 g/mol. The number of nitrogens with two attached hydrogens (primary N) is 1. The number of nitrogens with one attached hydrogen (secondary N) is 1. The zero-order valence-electron chi connectivity index (χ0n) is 8.71. The van der Waals surface area contributed by atoms with E-state index in [4.69, 9.17) is 0 Å². The van der Waals surface area contributed by atoms with Crippen LogP contribution in [0.1, 0.15) is 12.5 Å². The number of carbonyl (C=O) groups is 1. The van der Waals surface area contributed by atoms with E-state index < -0.39 is 0 Å². The first-order valence-corrected chi connectivity index (χ1v) is 4.93. The fraction of sp³-hybridized carbons (Fsp3) is 0.364. The van der Waals surface area contributed by atoms with Gasteiger partial charge in [-0.05, 0) is 18.1 Å². The largest absolute Gasteiger partial charge is 0.341 e. The summed E-state index contributed by atoms with van der Waals surface area (Å²) >= 11 is 0. The van der Waals surface area contributed by atoms with Crippen LogP contribution in [-0.4, -0.2) is 19.5 Å². The van der Waals surface area contributed by atoms with Crippen LogP contribution in [0.2, 0.25) is 0 Å². The van der Waals surface area contributed by atoms with Crippen LogP contribution in [-0.2, 0) is 11.2 Å². The maximum atomic E-state index is 11.3. The van der Waals surface area contributed by atoms with Crippen molar-refractivity contribution in [2.75, 3.05) is 18.9 Å². The highest BCUT2D eigenvalue weighted by Gasteiger charge is 2.04. The Labute approximate surface area is 84.5 Å². The molecule has 1 amide bonds. The number of anilines is 1. The van der Waals surface area contributed by atoms with Crippen molar-refractivity contribution >= 4 is 11.6 Å². The number of quaternary nitrogens is 1. The molecule has 3 nitrogen and oxygen atoms in total. The standard InChI is InChI=1S/C11H16N2O/c1-3-9-6-4-5-7-10(9)13-11(14)8-12-2/h4-7,12H,3,8H2,1-2H3,(H,13,14)/p+1. The number of hydrogen-bond acceptors (Lipinski definition) is 1. The Morgan fingerprint density at radius 1 is 1.43 bits per heavy atom. The maximum Gasteiger partial charge on any atom is 0.279 e. The lowest BCUT2D eigenvalue weighted by Gasteiger charge is -2.07. The number of aryl methyl sites for hydroxylation is 1. The van der Waals surface area contributed by atoms with Crippen molar-refractivity contribution in [3.8, 4) is 0 Å². The molecule has 14 heavy (non-hydrogen) atoms. The number of amides is 1. The Morgan fingerprint density at radius 3 is 2.79 bits per heavy atom. The van der Waals surface area contributed by atoms with Crippen LogP contribution in [0.15, 0.2) is 24.3 Å². The van der Waals surface area contributed by atoms with Crippen molar-refractivity contribution in [1.82, 2.24) is 0 Å². The summed E-state index contributed by atoms with van der Waals surface area (Å²) < 4.78 is 0. The van der Waals surface area contributed by atoms with Gasteiger partial charge in [0, 0.05) is 5.69 Å². The molecule has 3 heteroatoms. The van der Waals surface area contributed by atoms with E-state index in [9.17, 15) is 4.79 Å². The van der Waals surface area contributed by atoms with Crippen LogP contribution in [0.25, 0.3) is 0 Å². The fourth-order valence-corrected chi connectivity index (χ4v) is 1.34. The molecule has 0 aliphatic heterocycles. The highest BCUT2D eigenvalue weighted by atomic mass is 16.1. The van der Waals surface area contributed by atoms with Crippen LogP contribution in [0, 0.1) is 0 Å². The molecule has 0 aliphatic carbocycles. The molecule has 0 aromatic heterocycles. The molecular weight excluding hydrogens is 176 g/mol. The Balaban J connectivity index is 2.70. The van der Waals surface area contributed by atoms with Gasteiger partial charge in [0.2, 0.25) is 0 Å². The number of likely N-dealkylation sites (N-methyl/N-ethyl adjacent to an activating group) is 1. The summed E-state index contributed by atoms with van der Waals surface area (Å²) in [6.45, 7) is 2.55. The Bertz CT molecular complexity index is 310. The van der Waals surface area contributed by atoms with Crippen LogP contribution in [0.4, 0.5) is 5.69 Å². The number of hydrogen-bond donors (Lipinski definition) is 2. The summed E-state index contributed by atoms with van der Waals surface area (Å²) in [4.78, 5) is 11.3. The molecule has 0 unspecified atom stereocenters. The highest BCUT2D eigenvalue weighted by molar-refractivity contribution is 5.92. The molecular formula is C11H17N2O+. The van der Waals surface area contributed by atoms with Gasteiger partial charge in [-0.3, -0.25) is 4.79 Å². The van der Waals surface area contributed by atoms with Gasteiger partial charge in [-0.1, -0.05) is 25.1 Å². The number of benzene rings is 1. The molecule has 3 N–H and O–H groups in total. The highest BCUT2D eigenvalue weighted by Crippen LogP contribution is 2.14. The lowest BCUT2D eigenvalue weighted by atomic mass is 10.1. The normalized spacial score (nSPS) is 9.86. The van der Waals surface area contributed by atoms with Crippen LogP contribution < -0.4 is 10.6 Å². The maximum absolute atomic E-state index is 11.3. The van der Waals surface area contributed by atoms with E-state index in [2.05, 4.69) is 12.2 Å². The summed E-state index contributed by atoms with van der Waals surface area (Å²) in [5.74, 6) is 0.0494. The lowest BCUT2D eigenvalue weighted by molar-refractivity contribution is -0.615. The van der Waals surface area contributed by atoms with Crippen molar-refractivity contribution in [2.24, 2.45) is 0 Å². The van der Waals surface area contributed by atoms with Gasteiger partial charge in [0.15, 0.2) is 6.54 Å². The number of rotatable bonds is 4. The SMILES string of the molecule is CCc1ccccc1NC(=O)C[NH2+]C. The van der Waals surface area contributed by atoms with Crippen LogP contribution in [0.3, 0.4) is 0 Å². The van der Waals surface area contributed by atoms with E-state index in [1.807, 2.05) is 36.6 Å². The fourth-order valence-electron chi connectivity index (χ4n) is 1.34. The van der Waals surface area contributed by atoms with Crippen molar-refractivity contribution in [2.45, 2.75) is 13.3 Å². The molecule has 0 bridgehead atoms. The van der Waals surface area contributed by atoms with Crippen molar-refractivity contribution in [3.63, 3.8) is 0 Å². The molecule has 0 atom stereocenters. The van der Waals surface area contributed by atoms with Crippen molar-refractivity contribution < 1.29 is 10.1 Å². The third kappa shape index (κ3) is 2.85. The third-order valence-corrected chi connectivity index (χ3v) is 2.06. The first-order chi connectivity index (χ1) is 6.77. The van der Waals surface area contributed by atoms with E-state index in [0.29, 0.717) is 6.54 Å². The summed E-state index contributed by atoms with van der Waals surface area (Å²) in [7, 11) is 1.88. The first-order valence-electron chi connectivity index (χ1n) is 4.93. The van der Waals surface area contributed by atoms with Crippen LogP contribution in [0.5, 0.6) is 0 Å². The second-order valence-corrected chi connectivity index (χ2v) is 3.17. The topological polar surface area (TPSA) is 45.7 Å². The Kier molecular flexibility index (Phi) is 4.13. The predicted octanol–water partition coefficient (Wildman–Crippen LogP) is 0.381. The Morgan fingerprint density at radius 2 is 2.14 bits per heavy atom. The van der Waals surface area contributed by atoms with Crippen LogP contribution >= 0.6 is 0 Å². The van der Waals surface area contributed by atoms with E-state index in [1.54, 1.807) is 0 Å². The van der Waals surface area contributed by atoms with E-state index in [-0.39, 0.29) is 5.91 Å². The number of carbonyl (C=O) groups excluding carboxylic acids is 1. The molecule has 0 saturated carbocycles. The molecule has 0 fully saturated rings. The minimum absolute atomic E-state index is 0.0494.